The van der Waals surface area contributed by atoms with Crippen molar-refractivity contribution in [3.8, 4) is 11.3 Å². The van der Waals surface area contributed by atoms with Gasteiger partial charge < -0.3 is 14.6 Å². The second kappa shape index (κ2) is 10.1. The van der Waals surface area contributed by atoms with Gasteiger partial charge in [-0.1, -0.05) is 19.6 Å². The van der Waals surface area contributed by atoms with Gasteiger partial charge in [-0.05, 0) is 37.1 Å². The van der Waals surface area contributed by atoms with E-state index in [9.17, 15) is 8.42 Å². The Morgan fingerprint density at radius 3 is 2.82 bits per heavy atom. The van der Waals surface area contributed by atoms with E-state index in [2.05, 4.69) is 34.9 Å². The van der Waals surface area contributed by atoms with Gasteiger partial charge in [-0.2, -0.15) is 0 Å². The molecule has 1 fully saturated rings. The van der Waals surface area contributed by atoms with Crippen molar-refractivity contribution in [2.24, 2.45) is 0 Å². The van der Waals surface area contributed by atoms with E-state index in [1.165, 1.54) is 10.6 Å². The van der Waals surface area contributed by atoms with E-state index in [1.807, 2.05) is 29.0 Å². The van der Waals surface area contributed by atoms with Crippen LogP contribution in [-0.2, 0) is 21.5 Å². The SMILES string of the molecule is C[Si](C)(C)CCOCn1ccc2ncc(-c3cccnc3N[C@H]3CCCN(S(C)(=O)=O)C3)nc21. The lowest BCUT2D eigenvalue weighted by Crippen LogP contribution is -2.44. The minimum absolute atomic E-state index is 0.0163. The highest BCUT2D eigenvalue weighted by molar-refractivity contribution is 7.88. The number of aromatic nitrogens is 4. The van der Waals surface area contributed by atoms with Crippen molar-refractivity contribution in [3.05, 3.63) is 36.8 Å². The fourth-order valence-corrected chi connectivity index (χ4v) is 5.67. The van der Waals surface area contributed by atoms with Gasteiger partial charge in [-0.3, -0.25) is 4.98 Å². The van der Waals surface area contributed by atoms with E-state index in [4.69, 9.17) is 9.72 Å². The van der Waals surface area contributed by atoms with Gasteiger partial charge in [0.2, 0.25) is 10.0 Å². The molecule has 1 saturated heterocycles. The number of hydrogen-bond donors (Lipinski definition) is 1. The van der Waals surface area contributed by atoms with Gasteiger partial charge in [0.25, 0.3) is 0 Å². The lowest BCUT2D eigenvalue weighted by molar-refractivity contribution is 0.0899. The monoisotopic (exact) mass is 502 g/mol. The van der Waals surface area contributed by atoms with Gasteiger partial charge in [0.15, 0.2) is 5.65 Å². The maximum Gasteiger partial charge on any atom is 0.211 e. The summed E-state index contributed by atoms with van der Waals surface area (Å²) in [5.74, 6) is 0.681. The molecule has 11 heteroatoms. The van der Waals surface area contributed by atoms with E-state index < -0.39 is 18.1 Å². The molecule has 1 aliphatic rings. The number of rotatable bonds is 9. The molecular formula is C23H34N6O3SSi. The molecule has 3 aromatic rings. The van der Waals surface area contributed by atoms with Gasteiger partial charge in [0.1, 0.15) is 18.1 Å². The van der Waals surface area contributed by atoms with Crippen LogP contribution in [0.15, 0.2) is 36.8 Å². The third-order valence-electron chi connectivity index (χ3n) is 5.97. The molecule has 0 radical (unpaired) electrons. The van der Waals surface area contributed by atoms with Gasteiger partial charge in [-0.25, -0.2) is 22.7 Å². The normalized spacial score (nSPS) is 17.8. The van der Waals surface area contributed by atoms with Crippen molar-refractivity contribution in [2.45, 2.75) is 51.3 Å². The van der Waals surface area contributed by atoms with E-state index in [0.29, 0.717) is 31.3 Å². The zero-order valence-corrected chi connectivity index (χ0v) is 22.2. The number of fused-ring (bicyclic) bond motifs is 1. The largest absolute Gasteiger partial charge is 0.365 e. The first-order valence-electron chi connectivity index (χ1n) is 11.7. The average molecular weight is 503 g/mol. The highest BCUT2D eigenvalue weighted by Crippen LogP contribution is 2.27. The van der Waals surface area contributed by atoms with Crippen molar-refractivity contribution in [1.82, 2.24) is 23.8 Å². The van der Waals surface area contributed by atoms with Crippen LogP contribution in [0.3, 0.4) is 0 Å². The van der Waals surface area contributed by atoms with E-state index in [1.54, 1.807) is 12.4 Å². The molecule has 0 aromatic carbocycles. The van der Waals surface area contributed by atoms with Crippen LogP contribution >= 0.6 is 0 Å². The minimum atomic E-state index is -3.22. The van der Waals surface area contributed by atoms with E-state index in [-0.39, 0.29) is 6.04 Å². The number of pyridine rings is 1. The lowest BCUT2D eigenvalue weighted by Gasteiger charge is -2.32. The number of piperidine rings is 1. The Morgan fingerprint density at radius 1 is 1.24 bits per heavy atom. The van der Waals surface area contributed by atoms with Gasteiger partial charge in [0.05, 0.1) is 18.1 Å². The van der Waals surface area contributed by atoms with E-state index >= 15 is 0 Å². The quantitative estimate of drug-likeness (QED) is 0.352. The second-order valence-electron chi connectivity index (χ2n) is 10.1. The van der Waals surface area contributed by atoms with Crippen LogP contribution in [0.2, 0.25) is 25.7 Å². The molecule has 9 nitrogen and oxygen atoms in total. The molecular weight excluding hydrogens is 468 g/mol. The molecule has 0 spiro atoms. The first-order chi connectivity index (χ1) is 16.1. The third kappa shape index (κ3) is 6.20. The molecule has 184 valence electrons. The van der Waals surface area contributed by atoms with Crippen molar-refractivity contribution < 1.29 is 13.2 Å². The van der Waals surface area contributed by atoms with Crippen LogP contribution in [0.4, 0.5) is 5.82 Å². The van der Waals surface area contributed by atoms with Crippen molar-refractivity contribution in [1.29, 1.82) is 0 Å². The maximum absolute atomic E-state index is 12.0. The topological polar surface area (TPSA) is 102 Å². The summed E-state index contributed by atoms with van der Waals surface area (Å²) in [5, 5.41) is 3.45. The Morgan fingerprint density at radius 2 is 2.06 bits per heavy atom. The number of nitrogens with one attached hydrogen (secondary N) is 1. The number of nitrogens with zero attached hydrogens (tertiary/aromatic N) is 5. The number of hydrogen-bond acceptors (Lipinski definition) is 7. The van der Waals surface area contributed by atoms with Gasteiger partial charge in [-0.15, -0.1) is 0 Å². The molecule has 0 amide bonds. The van der Waals surface area contributed by atoms with Crippen LogP contribution in [0.1, 0.15) is 12.8 Å². The Labute approximate surface area is 202 Å². The summed E-state index contributed by atoms with van der Waals surface area (Å²) in [6.07, 6.45) is 8.38. The molecule has 1 atom stereocenters. The van der Waals surface area contributed by atoms with Crippen molar-refractivity contribution in [3.63, 3.8) is 0 Å². The third-order valence-corrected chi connectivity index (χ3v) is 8.94. The number of anilines is 1. The Kier molecular flexibility index (Phi) is 7.36. The molecule has 34 heavy (non-hydrogen) atoms. The van der Waals surface area contributed by atoms with Crippen LogP contribution < -0.4 is 5.32 Å². The van der Waals surface area contributed by atoms with Gasteiger partial charge in [0, 0.05) is 51.8 Å². The smallest absolute Gasteiger partial charge is 0.211 e. The summed E-state index contributed by atoms with van der Waals surface area (Å²) in [4.78, 5) is 14.0. The molecule has 4 heterocycles. The number of sulfonamides is 1. The minimum Gasteiger partial charge on any atom is -0.365 e. The molecule has 0 aliphatic carbocycles. The first kappa shape index (κ1) is 24.8. The molecule has 0 unspecified atom stereocenters. The van der Waals surface area contributed by atoms with E-state index in [0.717, 1.165) is 42.2 Å². The van der Waals surface area contributed by atoms with Gasteiger partial charge >= 0.3 is 0 Å². The summed E-state index contributed by atoms with van der Waals surface area (Å²) in [7, 11) is -4.35. The molecule has 1 N–H and O–H groups in total. The maximum atomic E-state index is 12.0. The fourth-order valence-electron chi connectivity index (χ4n) is 4.01. The molecule has 0 bridgehead atoms. The Balaban J connectivity index is 1.53. The fraction of sp³-hybridized carbons (Fsp3) is 0.522. The highest BCUT2D eigenvalue weighted by atomic mass is 32.2. The summed E-state index contributed by atoms with van der Waals surface area (Å²) in [6, 6.07) is 6.87. The summed E-state index contributed by atoms with van der Waals surface area (Å²) < 4.78 is 33.4. The molecule has 0 saturated carbocycles. The van der Waals surface area contributed by atoms with Crippen molar-refractivity contribution in [2.75, 3.05) is 31.3 Å². The zero-order valence-electron chi connectivity index (χ0n) is 20.4. The molecule has 1 aliphatic heterocycles. The zero-order chi connectivity index (χ0) is 24.3. The average Bonchev–Trinajstić information content (AvgIpc) is 3.18. The Bertz CT molecular complexity index is 1240. The lowest BCUT2D eigenvalue weighted by atomic mass is 10.1. The van der Waals surface area contributed by atoms with Crippen LogP contribution in [0.5, 0.6) is 0 Å². The predicted molar refractivity (Wildman–Crippen MR) is 138 cm³/mol. The first-order valence-corrected chi connectivity index (χ1v) is 17.2. The standard InChI is InChI=1S/C23H34N6O3SSi/c1-33(30,31)29-11-6-7-18(16-29)26-22-19(8-5-10-24-22)21-15-25-20-9-12-28(23(20)27-21)17-32-13-14-34(2,3)4/h5,8-10,12,15,18H,6-7,11,13-14,16-17H2,1-4H3,(H,24,26)/t18-/m0/s1. The summed E-state index contributed by atoms with van der Waals surface area (Å²) in [5.41, 5.74) is 3.12. The summed E-state index contributed by atoms with van der Waals surface area (Å²) >= 11 is 0. The van der Waals surface area contributed by atoms with Crippen LogP contribution in [0.25, 0.3) is 22.4 Å². The highest BCUT2D eigenvalue weighted by Gasteiger charge is 2.26. The Hall–Kier alpha value is -2.34. The number of ether oxygens (including phenoxy) is 1. The van der Waals surface area contributed by atoms with Crippen molar-refractivity contribution >= 4 is 35.1 Å². The molecule has 3 aromatic heterocycles. The second-order valence-corrected chi connectivity index (χ2v) is 17.7. The molecule has 4 rings (SSSR count). The van der Waals surface area contributed by atoms with Crippen LogP contribution in [0, 0.1) is 0 Å². The summed E-state index contributed by atoms with van der Waals surface area (Å²) in [6.45, 7) is 9.18. The van der Waals surface area contributed by atoms with Crippen LogP contribution in [-0.4, -0.2) is 72.3 Å². The predicted octanol–water partition coefficient (Wildman–Crippen LogP) is 3.64.